The van der Waals surface area contributed by atoms with E-state index in [-0.39, 0.29) is 5.56 Å². The van der Waals surface area contributed by atoms with Crippen LogP contribution in [0.15, 0.2) is 4.79 Å². The summed E-state index contributed by atoms with van der Waals surface area (Å²) in [4.78, 5) is 12.0. The number of rotatable bonds is 5. The third-order valence-electron chi connectivity index (χ3n) is 2.59. The number of hydrogen-bond acceptors (Lipinski definition) is 1. The lowest BCUT2D eigenvalue weighted by Gasteiger charge is -2.03. The van der Waals surface area contributed by atoms with Crippen molar-refractivity contribution in [1.82, 2.24) is 9.78 Å². The molecular weight excluding hydrogens is 188 g/mol. The Hall–Kier alpha value is -0.990. The second-order valence-electron chi connectivity index (χ2n) is 4.63. The van der Waals surface area contributed by atoms with Crippen molar-refractivity contribution in [1.29, 1.82) is 0 Å². The Bertz CT molecular complexity index is 360. The number of nitrogens with one attached hydrogen (secondary N) is 1. The zero-order valence-electron chi connectivity index (χ0n) is 10.3. The van der Waals surface area contributed by atoms with E-state index in [4.69, 9.17) is 0 Å². The molecule has 0 atom stereocenters. The van der Waals surface area contributed by atoms with Crippen LogP contribution in [0.4, 0.5) is 0 Å². The average molecular weight is 210 g/mol. The lowest BCUT2D eigenvalue weighted by molar-refractivity contribution is 0.470. The SMILES string of the molecule is CCCCc1c(C)[nH]n(CC(C)C)c1=O. The highest BCUT2D eigenvalue weighted by Gasteiger charge is 2.10. The number of unbranched alkanes of at least 4 members (excludes halogenated alkanes) is 1. The number of aryl methyl sites for hydroxylation is 1. The van der Waals surface area contributed by atoms with Crippen molar-refractivity contribution in [3.05, 3.63) is 21.6 Å². The zero-order chi connectivity index (χ0) is 11.4. The maximum atomic E-state index is 12.0. The molecule has 3 nitrogen and oxygen atoms in total. The highest BCUT2D eigenvalue weighted by molar-refractivity contribution is 5.15. The summed E-state index contributed by atoms with van der Waals surface area (Å²) in [6.07, 6.45) is 3.13. The van der Waals surface area contributed by atoms with Crippen LogP contribution >= 0.6 is 0 Å². The van der Waals surface area contributed by atoms with Gasteiger partial charge in [0.15, 0.2) is 0 Å². The number of aromatic nitrogens is 2. The lowest BCUT2D eigenvalue weighted by atomic mass is 10.1. The van der Waals surface area contributed by atoms with Gasteiger partial charge in [0, 0.05) is 17.8 Å². The molecule has 0 amide bonds. The fraction of sp³-hybridized carbons (Fsp3) is 0.750. The van der Waals surface area contributed by atoms with Gasteiger partial charge in [-0.25, -0.2) is 0 Å². The van der Waals surface area contributed by atoms with Crippen molar-refractivity contribution < 1.29 is 0 Å². The summed E-state index contributed by atoms with van der Waals surface area (Å²) in [6, 6.07) is 0. The van der Waals surface area contributed by atoms with Crippen LogP contribution in [0.2, 0.25) is 0 Å². The molecule has 0 aliphatic carbocycles. The van der Waals surface area contributed by atoms with Crippen LogP contribution in [0.1, 0.15) is 44.9 Å². The van der Waals surface area contributed by atoms with Gasteiger partial charge in [-0.3, -0.25) is 14.6 Å². The second-order valence-corrected chi connectivity index (χ2v) is 4.63. The minimum Gasteiger partial charge on any atom is -0.300 e. The molecule has 0 saturated carbocycles. The molecule has 86 valence electrons. The van der Waals surface area contributed by atoms with Gasteiger partial charge in [-0.1, -0.05) is 27.2 Å². The Morgan fingerprint density at radius 1 is 1.40 bits per heavy atom. The first-order valence-electron chi connectivity index (χ1n) is 5.84. The van der Waals surface area contributed by atoms with Crippen LogP contribution in [0.25, 0.3) is 0 Å². The molecule has 0 aliphatic rings. The molecule has 1 aromatic heterocycles. The third kappa shape index (κ3) is 2.98. The van der Waals surface area contributed by atoms with Gasteiger partial charge in [-0.15, -0.1) is 0 Å². The van der Waals surface area contributed by atoms with Crippen molar-refractivity contribution in [2.45, 2.75) is 53.5 Å². The van der Waals surface area contributed by atoms with Gasteiger partial charge >= 0.3 is 0 Å². The van der Waals surface area contributed by atoms with E-state index in [2.05, 4.69) is 25.9 Å². The van der Waals surface area contributed by atoms with Crippen LogP contribution < -0.4 is 5.56 Å². The zero-order valence-corrected chi connectivity index (χ0v) is 10.3. The van der Waals surface area contributed by atoms with Crippen molar-refractivity contribution >= 4 is 0 Å². The Balaban J connectivity index is 2.88. The van der Waals surface area contributed by atoms with Crippen LogP contribution in [0.3, 0.4) is 0 Å². The summed E-state index contributed by atoms with van der Waals surface area (Å²) >= 11 is 0. The molecule has 0 aliphatic heterocycles. The molecule has 15 heavy (non-hydrogen) atoms. The Morgan fingerprint density at radius 3 is 2.60 bits per heavy atom. The fourth-order valence-corrected chi connectivity index (χ4v) is 1.79. The molecule has 1 rings (SSSR count). The maximum absolute atomic E-state index is 12.0. The van der Waals surface area contributed by atoms with Gasteiger partial charge in [-0.2, -0.15) is 0 Å². The van der Waals surface area contributed by atoms with Crippen LogP contribution in [-0.4, -0.2) is 9.78 Å². The van der Waals surface area contributed by atoms with Crippen molar-refractivity contribution in [3.8, 4) is 0 Å². The van der Waals surface area contributed by atoms with E-state index in [0.717, 1.165) is 37.1 Å². The van der Waals surface area contributed by atoms with E-state index < -0.39 is 0 Å². The predicted octanol–water partition coefficient (Wildman–Crippen LogP) is 2.48. The molecule has 1 N–H and O–H groups in total. The Labute approximate surface area is 91.5 Å². The van der Waals surface area contributed by atoms with Crippen LogP contribution in [-0.2, 0) is 13.0 Å². The summed E-state index contributed by atoms with van der Waals surface area (Å²) < 4.78 is 1.74. The normalized spacial score (nSPS) is 11.3. The Morgan fingerprint density at radius 2 is 2.07 bits per heavy atom. The van der Waals surface area contributed by atoms with Crippen molar-refractivity contribution in [2.75, 3.05) is 0 Å². The lowest BCUT2D eigenvalue weighted by Crippen LogP contribution is -2.21. The summed E-state index contributed by atoms with van der Waals surface area (Å²) in [7, 11) is 0. The van der Waals surface area contributed by atoms with Crippen molar-refractivity contribution in [2.24, 2.45) is 5.92 Å². The summed E-state index contributed by atoms with van der Waals surface area (Å²) in [5, 5.41) is 3.16. The summed E-state index contributed by atoms with van der Waals surface area (Å²) in [5.74, 6) is 0.500. The van der Waals surface area contributed by atoms with E-state index in [1.807, 2.05) is 6.92 Å². The second kappa shape index (κ2) is 5.19. The first-order chi connectivity index (χ1) is 7.06. The standard InChI is InChI=1S/C12H22N2O/c1-5-6-7-11-10(4)13-14(12(11)15)8-9(2)3/h9,13H,5-8H2,1-4H3. The first kappa shape index (κ1) is 12.1. The molecule has 0 fully saturated rings. The first-order valence-corrected chi connectivity index (χ1v) is 5.84. The van der Waals surface area contributed by atoms with E-state index in [0.29, 0.717) is 5.92 Å². The summed E-state index contributed by atoms with van der Waals surface area (Å²) in [6.45, 7) is 9.16. The number of aromatic amines is 1. The molecule has 0 spiro atoms. The molecule has 3 heteroatoms. The molecular formula is C12H22N2O. The topological polar surface area (TPSA) is 37.8 Å². The maximum Gasteiger partial charge on any atom is 0.269 e. The molecule has 1 aromatic rings. The highest BCUT2D eigenvalue weighted by atomic mass is 16.1. The van der Waals surface area contributed by atoms with Gasteiger partial charge in [0.1, 0.15) is 0 Å². The summed E-state index contributed by atoms with van der Waals surface area (Å²) in [5.41, 5.74) is 2.18. The van der Waals surface area contributed by atoms with E-state index in [1.165, 1.54) is 0 Å². The van der Waals surface area contributed by atoms with Gasteiger partial charge in [0.05, 0.1) is 0 Å². The van der Waals surface area contributed by atoms with Gasteiger partial charge in [-0.05, 0) is 25.7 Å². The monoisotopic (exact) mass is 210 g/mol. The van der Waals surface area contributed by atoms with Gasteiger partial charge in [0.2, 0.25) is 0 Å². The molecule has 1 heterocycles. The minimum atomic E-state index is 0.176. The average Bonchev–Trinajstić information content (AvgIpc) is 2.39. The van der Waals surface area contributed by atoms with Gasteiger partial charge < -0.3 is 0 Å². The molecule has 0 saturated heterocycles. The van der Waals surface area contributed by atoms with Crippen LogP contribution in [0.5, 0.6) is 0 Å². The molecule has 0 bridgehead atoms. The number of H-pyrrole nitrogens is 1. The fourth-order valence-electron chi connectivity index (χ4n) is 1.79. The minimum absolute atomic E-state index is 0.176. The molecule has 0 aromatic carbocycles. The third-order valence-corrected chi connectivity index (χ3v) is 2.59. The smallest absolute Gasteiger partial charge is 0.269 e. The molecule has 0 radical (unpaired) electrons. The van der Waals surface area contributed by atoms with Crippen LogP contribution in [0, 0.1) is 12.8 Å². The van der Waals surface area contributed by atoms with E-state index in [9.17, 15) is 4.79 Å². The highest BCUT2D eigenvalue weighted by Crippen LogP contribution is 2.05. The number of hydrogen-bond donors (Lipinski definition) is 1. The molecule has 0 unspecified atom stereocenters. The van der Waals surface area contributed by atoms with E-state index in [1.54, 1.807) is 4.68 Å². The Kier molecular flexibility index (Phi) is 4.18. The largest absolute Gasteiger partial charge is 0.300 e. The predicted molar refractivity (Wildman–Crippen MR) is 63.2 cm³/mol. The van der Waals surface area contributed by atoms with Crippen molar-refractivity contribution in [3.63, 3.8) is 0 Å². The van der Waals surface area contributed by atoms with E-state index >= 15 is 0 Å². The number of nitrogens with zero attached hydrogens (tertiary/aromatic N) is 1. The quantitative estimate of drug-likeness (QED) is 0.796. The van der Waals surface area contributed by atoms with Gasteiger partial charge in [0.25, 0.3) is 5.56 Å².